The van der Waals surface area contributed by atoms with Gasteiger partial charge in [0.2, 0.25) is 17.6 Å². The number of rotatable bonds is 7. The van der Waals surface area contributed by atoms with Crippen molar-refractivity contribution in [3.8, 4) is 11.4 Å². The summed E-state index contributed by atoms with van der Waals surface area (Å²) >= 11 is 0. The summed E-state index contributed by atoms with van der Waals surface area (Å²) in [6.45, 7) is 6.14. The van der Waals surface area contributed by atoms with Crippen molar-refractivity contribution in [3.63, 3.8) is 0 Å². The number of carbonyl (C=O) groups excluding carboxylic acids is 1. The fourth-order valence-corrected chi connectivity index (χ4v) is 2.33. The highest BCUT2D eigenvalue weighted by atomic mass is 16.5. The zero-order chi connectivity index (χ0) is 15.9. The van der Waals surface area contributed by atoms with Gasteiger partial charge in [-0.1, -0.05) is 42.3 Å². The third kappa shape index (κ3) is 4.69. The Labute approximate surface area is 131 Å². The smallest absolute Gasteiger partial charge is 0.227 e. The first-order valence-corrected chi connectivity index (χ1v) is 7.77. The summed E-state index contributed by atoms with van der Waals surface area (Å²) in [6.07, 6.45) is 2.88. The summed E-state index contributed by atoms with van der Waals surface area (Å²) in [6, 6.07) is 8.15. The Morgan fingerprint density at radius 3 is 2.95 bits per heavy atom. The molecule has 0 saturated heterocycles. The van der Waals surface area contributed by atoms with Crippen molar-refractivity contribution in [2.24, 2.45) is 0 Å². The highest BCUT2D eigenvalue weighted by Crippen LogP contribution is 2.17. The third-order valence-corrected chi connectivity index (χ3v) is 3.44. The average Bonchev–Trinajstić information content (AvgIpc) is 2.94. The molecule has 22 heavy (non-hydrogen) atoms. The normalized spacial score (nSPS) is 12.1. The lowest BCUT2D eigenvalue weighted by Crippen LogP contribution is -2.32. The molecular formula is C17H23N3O2. The van der Waals surface area contributed by atoms with Crippen molar-refractivity contribution in [2.75, 3.05) is 0 Å². The van der Waals surface area contributed by atoms with Crippen LogP contribution in [0.1, 0.15) is 44.6 Å². The van der Waals surface area contributed by atoms with Gasteiger partial charge >= 0.3 is 0 Å². The van der Waals surface area contributed by atoms with E-state index in [1.54, 1.807) is 0 Å². The standard InChI is InChI=1S/C17H23N3O2/c1-4-6-13(3)18-15(21)9-10-16-19-17(20-22-16)14-8-5-7-12(2)11-14/h5,7-8,11,13H,4,6,9-10H2,1-3H3,(H,18,21)/t13-/m1/s1. The SMILES string of the molecule is CCC[C@@H](C)NC(=O)CCc1nc(-c2cccc(C)c2)no1. The molecule has 2 aromatic rings. The van der Waals surface area contributed by atoms with Gasteiger partial charge in [-0.2, -0.15) is 4.98 Å². The van der Waals surface area contributed by atoms with Crippen LogP contribution < -0.4 is 5.32 Å². The van der Waals surface area contributed by atoms with E-state index in [1.165, 1.54) is 0 Å². The lowest BCUT2D eigenvalue weighted by molar-refractivity contribution is -0.121. The van der Waals surface area contributed by atoms with E-state index in [4.69, 9.17) is 4.52 Å². The topological polar surface area (TPSA) is 68.0 Å². The maximum Gasteiger partial charge on any atom is 0.227 e. The van der Waals surface area contributed by atoms with Gasteiger partial charge in [0.1, 0.15) is 0 Å². The van der Waals surface area contributed by atoms with Gasteiger partial charge in [0.05, 0.1) is 0 Å². The van der Waals surface area contributed by atoms with Crippen molar-refractivity contribution >= 4 is 5.91 Å². The van der Waals surface area contributed by atoms with Gasteiger partial charge in [0.15, 0.2) is 0 Å². The molecule has 1 heterocycles. The van der Waals surface area contributed by atoms with E-state index in [9.17, 15) is 4.79 Å². The predicted octanol–water partition coefficient (Wildman–Crippen LogP) is 3.28. The van der Waals surface area contributed by atoms with Gasteiger partial charge in [-0.25, -0.2) is 0 Å². The van der Waals surface area contributed by atoms with E-state index < -0.39 is 0 Å². The van der Waals surface area contributed by atoms with Crippen molar-refractivity contribution in [1.29, 1.82) is 0 Å². The van der Waals surface area contributed by atoms with Crippen LogP contribution in [0.4, 0.5) is 0 Å². The van der Waals surface area contributed by atoms with Crippen LogP contribution in [0.25, 0.3) is 11.4 Å². The van der Waals surface area contributed by atoms with Crippen molar-refractivity contribution in [3.05, 3.63) is 35.7 Å². The number of amides is 1. The van der Waals surface area contributed by atoms with Crippen LogP contribution in [-0.2, 0) is 11.2 Å². The minimum Gasteiger partial charge on any atom is -0.354 e. The zero-order valence-electron chi connectivity index (χ0n) is 13.4. The molecule has 0 unspecified atom stereocenters. The number of aromatic nitrogens is 2. The number of nitrogens with zero attached hydrogens (tertiary/aromatic N) is 2. The van der Waals surface area contributed by atoms with E-state index in [0.29, 0.717) is 24.6 Å². The maximum atomic E-state index is 11.8. The van der Waals surface area contributed by atoms with Gasteiger partial charge < -0.3 is 9.84 Å². The van der Waals surface area contributed by atoms with Gasteiger partial charge in [0, 0.05) is 24.4 Å². The van der Waals surface area contributed by atoms with Crippen LogP contribution in [0.15, 0.2) is 28.8 Å². The van der Waals surface area contributed by atoms with Crippen LogP contribution in [0.3, 0.4) is 0 Å². The fourth-order valence-electron chi connectivity index (χ4n) is 2.33. The summed E-state index contributed by atoms with van der Waals surface area (Å²) < 4.78 is 5.22. The Bertz CT molecular complexity index is 622. The molecule has 0 aliphatic rings. The van der Waals surface area contributed by atoms with Crippen LogP contribution in [-0.4, -0.2) is 22.1 Å². The monoisotopic (exact) mass is 301 g/mol. The summed E-state index contributed by atoms with van der Waals surface area (Å²) in [5.41, 5.74) is 2.07. The van der Waals surface area contributed by atoms with Crippen molar-refractivity contribution in [2.45, 2.75) is 52.5 Å². The molecule has 1 amide bonds. The summed E-state index contributed by atoms with van der Waals surface area (Å²) in [5, 5.41) is 6.95. The van der Waals surface area contributed by atoms with Crippen LogP contribution in [0.2, 0.25) is 0 Å². The number of hydrogen-bond donors (Lipinski definition) is 1. The molecule has 5 nitrogen and oxygen atoms in total. The molecular weight excluding hydrogens is 278 g/mol. The molecule has 1 aromatic heterocycles. The van der Waals surface area contributed by atoms with Crippen molar-refractivity contribution < 1.29 is 9.32 Å². The second kappa shape index (κ2) is 7.73. The maximum absolute atomic E-state index is 11.8. The molecule has 2 rings (SSSR count). The number of nitrogens with one attached hydrogen (secondary N) is 1. The van der Waals surface area contributed by atoms with Crippen LogP contribution >= 0.6 is 0 Å². The highest BCUT2D eigenvalue weighted by molar-refractivity contribution is 5.76. The fraction of sp³-hybridized carbons (Fsp3) is 0.471. The summed E-state index contributed by atoms with van der Waals surface area (Å²) in [7, 11) is 0. The molecule has 0 aliphatic carbocycles. The molecule has 0 aliphatic heterocycles. The zero-order valence-corrected chi connectivity index (χ0v) is 13.4. The Kier molecular flexibility index (Phi) is 5.69. The molecule has 0 fully saturated rings. The number of carbonyl (C=O) groups is 1. The molecule has 118 valence electrons. The largest absolute Gasteiger partial charge is 0.354 e. The number of benzene rings is 1. The Morgan fingerprint density at radius 2 is 2.23 bits per heavy atom. The van der Waals surface area contributed by atoms with E-state index in [2.05, 4.69) is 22.4 Å². The minimum atomic E-state index is 0.0243. The first-order chi connectivity index (χ1) is 10.6. The van der Waals surface area contributed by atoms with Gasteiger partial charge in [0.25, 0.3) is 0 Å². The number of hydrogen-bond acceptors (Lipinski definition) is 4. The van der Waals surface area contributed by atoms with E-state index in [0.717, 1.165) is 24.0 Å². The summed E-state index contributed by atoms with van der Waals surface area (Å²) in [5.74, 6) is 1.09. The van der Waals surface area contributed by atoms with Crippen LogP contribution in [0, 0.1) is 6.92 Å². The van der Waals surface area contributed by atoms with E-state index >= 15 is 0 Å². The van der Waals surface area contributed by atoms with Gasteiger partial charge in [-0.15, -0.1) is 0 Å². The average molecular weight is 301 g/mol. The predicted molar refractivity (Wildman–Crippen MR) is 85.3 cm³/mol. The quantitative estimate of drug-likeness (QED) is 0.852. The molecule has 0 saturated carbocycles. The van der Waals surface area contributed by atoms with Gasteiger partial charge in [-0.05, 0) is 26.3 Å². The molecule has 0 spiro atoms. The van der Waals surface area contributed by atoms with E-state index in [1.807, 2.05) is 38.1 Å². The highest BCUT2D eigenvalue weighted by Gasteiger charge is 2.12. The summed E-state index contributed by atoms with van der Waals surface area (Å²) in [4.78, 5) is 16.2. The van der Waals surface area contributed by atoms with Crippen LogP contribution in [0.5, 0.6) is 0 Å². The third-order valence-electron chi connectivity index (χ3n) is 3.44. The lowest BCUT2D eigenvalue weighted by Gasteiger charge is -2.11. The van der Waals surface area contributed by atoms with Crippen molar-refractivity contribution in [1.82, 2.24) is 15.5 Å². The molecule has 1 N–H and O–H groups in total. The second-order valence-corrected chi connectivity index (χ2v) is 5.64. The minimum absolute atomic E-state index is 0.0243. The number of aryl methyl sites for hydroxylation is 2. The Hall–Kier alpha value is -2.17. The molecule has 0 radical (unpaired) electrons. The lowest BCUT2D eigenvalue weighted by atomic mass is 10.1. The first-order valence-electron chi connectivity index (χ1n) is 7.77. The Balaban J connectivity index is 1.88. The van der Waals surface area contributed by atoms with Gasteiger partial charge in [-0.3, -0.25) is 4.79 Å². The molecule has 1 aromatic carbocycles. The first kappa shape index (κ1) is 16.2. The van der Waals surface area contributed by atoms with E-state index in [-0.39, 0.29) is 11.9 Å². The second-order valence-electron chi connectivity index (χ2n) is 5.64. The molecule has 5 heteroatoms. The molecule has 0 bridgehead atoms. The molecule has 1 atom stereocenters. The Morgan fingerprint density at radius 1 is 1.41 bits per heavy atom.